The average molecular weight is 394 g/mol. The zero-order chi connectivity index (χ0) is 19.6. The first-order valence-electron chi connectivity index (χ1n) is 8.18. The van der Waals surface area contributed by atoms with Gasteiger partial charge in [-0.15, -0.1) is 11.3 Å². The zero-order valence-corrected chi connectivity index (χ0v) is 15.5. The molecular formula is C18H17F3N4OS. The summed E-state index contributed by atoms with van der Waals surface area (Å²) in [6, 6.07) is 6.68. The second kappa shape index (κ2) is 7.51. The van der Waals surface area contributed by atoms with E-state index < -0.39 is 17.6 Å². The summed E-state index contributed by atoms with van der Waals surface area (Å²) >= 11 is 1.42. The SMILES string of the molecule is Cc1cc(C)n(-c2nc(CCNC(=O)c3ccccc3C(F)(F)F)cs2)n1. The van der Waals surface area contributed by atoms with Crippen molar-refractivity contribution in [1.82, 2.24) is 20.1 Å². The minimum absolute atomic E-state index is 0.186. The lowest BCUT2D eigenvalue weighted by atomic mass is 10.1. The number of hydrogen-bond acceptors (Lipinski definition) is 4. The number of nitrogens with one attached hydrogen (secondary N) is 1. The van der Waals surface area contributed by atoms with Crippen LogP contribution in [0.4, 0.5) is 13.2 Å². The number of benzene rings is 1. The predicted molar refractivity (Wildman–Crippen MR) is 96.2 cm³/mol. The van der Waals surface area contributed by atoms with Crippen molar-refractivity contribution in [3.8, 4) is 5.13 Å². The van der Waals surface area contributed by atoms with E-state index >= 15 is 0 Å². The molecule has 0 aliphatic heterocycles. The van der Waals surface area contributed by atoms with Gasteiger partial charge in [-0.3, -0.25) is 4.79 Å². The molecule has 5 nitrogen and oxygen atoms in total. The maximum absolute atomic E-state index is 13.0. The molecule has 2 heterocycles. The number of aromatic nitrogens is 3. The van der Waals surface area contributed by atoms with Crippen LogP contribution in [-0.2, 0) is 12.6 Å². The number of hydrogen-bond donors (Lipinski definition) is 1. The summed E-state index contributed by atoms with van der Waals surface area (Å²) in [5.41, 5.74) is 1.27. The molecule has 0 saturated carbocycles. The topological polar surface area (TPSA) is 59.8 Å². The minimum Gasteiger partial charge on any atom is -0.352 e. The summed E-state index contributed by atoms with van der Waals surface area (Å²) in [5, 5.41) is 9.45. The summed E-state index contributed by atoms with van der Waals surface area (Å²) in [7, 11) is 0. The van der Waals surface area contributed by atoms with E-state index in [2.05, 4.69) is 15.4 Å². The van der Waals surface area contributed by atoms with Crippen LogP contribution in [-0.4, -0.2) is 27.2 Å². The van der Waals surface area contributed by atoms with Gasteiger partial charge in [-0.1, -0.05) is 12.1 Å². The maximum Gasteiger partial charge on any atom is 0.417 e. The number of thiazole rings is 1. The van der Waals surface area contributed by atoms with Gasteiger partial charge in [0.05, 0.1) is 22.5 Å². The second-order valence-corrected chi connectivity index (χ2v) is 6.85. The van der Waals surface area contributed by atoms with Crippen LogP contribution in [0.3, 0.4) is 0 Å². The van der Waals surface area contributed by atoms with Gasteiger partial charge in [-0.2, -0.15) is 18.3 Å². The molecule has 3 aromatic rings. The fourth-order valence-electron chi connectivity index (χ4n) is 2.66. The zero-order valence-electron chi connectivity index (χ0n) is 14.7. The molecule has 0 aliphatic carbocycles. The molecule has 0 aliphatic rings. The summed E-state index contributed by atoms with van der Waals surface area (Å²) in [6.45, 7) is 4.01. The molecule has 27 heavy (non-hydrogen) atoms. The average Bonchev–Trinajstić information content (AvgIpc) is 3.20. The smallest absolute Gasteiger partial charge is 0.352 e. The van der Waals surface area contributed by atoms with Crippen molar-refractivity contribution >= 4 is 17.2 Å². The van der Waals surface area contributed by atoms with Crippen LogP contribution in [0.15, 0.2) is 35.7 Å². The number of nitrogens with zero attached hydrogens (tertiary/aromatic N) is 3. The molecule has 142 valence electrons. The van der Waals surface area contributed by atoms with Gasteiger partial charge in [0.2, 0.25) is 5.13 Å². The van der Waals surface area contributed by atoms with Crippen molar-refractivity contribution in [3.63, 3.8) is 0 Å². The van der Waals surface area contributed by atoms with Crippen LogP contribution in [0, 0.1) is 13.8 Å². The van der Waals surface area contributed by atoms with E-state index in [1.165, 1.54) is 29.5 Å². The molecule has 1 N–H and O–H groups in total. The number of carbonyl (C=O) groups excluding carboxylic acids is 1. The first kappa shape index (κ1) is 19.1. The molecular weight excluding hydrogens is 377 g/mol. The lowest BCUT2D eigenvalue weighted by Gasteiger charge is -2.12. The number of amides is 1. The Morgan fingerprint density at radius 1 is 1.26 bits per heavy atom. The highest BCUT2D eigenvalue weighted by Crippen LogP contribution is 2.31. The monoisotopic (exact) mass is 394 g/mol. The van der Waals surface area contributed by atoms with Gasteiger partial charge in [-0.25, -0.2) is 9.67 Å². The van der Waals surface area contributed by atoms with Crippen molar-refractivity contribution in [1.29, 1.82) is 0 Å². The first-order valence-corrected chi connectivity index (χ1v) is 9.06. The van der Waals surface area contributed by atoms with Gasteiger partial charge < -0.3 is 5.32 Å². The van der Waals surface area contributed by atoms with Gasteiger partial charge in [0.1, 0.15) is 0 Å². The molecule has 0 unspecified atom stereocenters. The molecule has 1 aromatic carbocycles. The van der Waals surface area contributed by atoms with Crippen LogP contribution in [0.1, 0.15) is 33.0 Å². The molecule has 0 fully saturated rings. The summed E-state index contributed by atoms with van der Waals surface area (Å²) in [6.07, 6.45) is -4.16. The molecule has 0 saturated heterocycles. The minimum atomic E-state index is -4.57. The number of carbonyl (C=O) groups is 1. The highest BCUT2D eigenvalue weighted by Gasteiger charge is 2.34. The molecule has 0 spiro atoms. The highest BCUT2D eigenvalue weighted by atomic mass is 32.1. The van der Waals surface area contributed by atoms with E-state index in [4.69, 9.17) is 0 Å². The molecule has 2 aromatic heterocycles. The number of rotatable bonds is 5. The fourth-order valence-corrected chi connectivity index (χ4v) is 3.53. The molecule has 0 bridgehead atoms. The summed E-state index contributed by atoms with van der Waals surface area (Å²) < 4.78 is 40.7. The Bertz CT molecular complexity index is 962. The number of halogens is 3. The van der Waals surface area contributed by atoms with Gasteiger partial charge in [0, 0.05) is 24.0 Å². The Hall–Kier alpha value is -2.68. The molecule has 0 atom stereocenters. The Labute approximate surface area is 157 Å². The van der Waals surface area contributed by atoms with E-state index in [1.54, 1.807) is 4.68 Å². The van der Waals surface area contributed by atoms with Crippen molar-refractivity contribution < 1.29 is 18.0 Å². The largest absolute Gasteiger partial charge is 0.417 e. The third-order valence-electron chi connectivity index (χ3n) is 3.87. The van der Waals surface area contributed by atoms with Gasteiger partial charge >= 0.3 is 6.18 Å². The van der Waals surface area contributed by atoms with Crippen LogP contribution in [0.5, 0.6) is 0 Å². The quantitative estimate of drug-likeness (QED) is 0.713. The van der Waals surface area contributed by atoms with Crippen LogP contribution >= 0.6 is 11.3 Å². The molecule has 3 rings (SSSR count). The van der Waals surface area contributed by atoms with Gasteiger partial charge in [-0.05, 0) is 32.0 Å². The van der Waals surface area contributed by atoms with Gasteiger partial charge in [0.25, 0.3) is 5.91 Å². The lowest BCUT2D eigenvalue weighted by Crippen LogP contribution is -2.28. The predicted octanol–water partition coefficient (Wildman–Crippen LogP) is 3.94. The summed E-state index contributed by atoms with van der Waals surface area (Å²) in [5.74, 6) is -0.753. The standard InChI is InChI=1S/C18H17F3N4OS/c1-11-9-12(2)25(24-11)17-23-13(10-27-17)7-8-22-16(26)14-5-3-4-6-15(14)18(19,20)21/h3-6,9-10H,7-8H2,1-2H3,(H,22,26). The van der Waals surface area contributed by atoms with E-state index in [0.717, 1.165) is 23.1 Å². The molecule has 1 amide bonds. The first-order chi connectivity index (χ1) is 12.8. The third-order valence-corrected chi connectivity index (χ3v) is 4.74. The fraction of sp³-hybridized carbons (Fsp3) is 0.278. The van der Waals surface area contributed by atoms with Crippen molar-refractivity contribution in [2.45, 2.75) is 26.4 Å². The lowest BCUT2D eigenvalue weighted by molar-refractivity contribution is -0.137. The summed E-state index contributed by atoms with van der Waals surface area (Å²) in [4.78, 5) is 16.6. The second-order valence-electron chi connectivity index (χ2n) is 6.01. The number of aryl methyl sites for hydroxylation is 2. The van der Waals surface area contributed by atoms with Crippen LogP contribution in [0.25, 0.3) is 5.13 Å². The molecule has 9 heteroatoms. The normalized spacial score (nSPS) is 11.6. The Balaban J connectivity index is 1.63. The Morgan fingerprint density at radius 3 is 2.67 bits per heavy atom. The Kier molecular flexibility index (Phi) is 5.31. The van der Waals surface area contributed by atoms with Gasteiger partial charge in [0.15, 0.2) is 0 Å². The molecule has 0 radical (unpaired) electrons. The van der Waals surface area contributed by atoms with Crippen molar-refractivity contribution in [2.75, 3.05) is 6.54 Å². The number of alkyl halides is 3. The Morgan fingerprint density at radius 2 is 2.00 bits per heavy atom. The van der Waals surface area contributed by atoms with Crippen LogP contribution < -0.4 is 5.32 Å². The van der Waals surface area contributed by atoms with E-state index in [1.807, 2.05) is 25.3 Å². The van der Waals surface area contributed by atoms with E-state index in [0.29, 0.717) is 11.6 Å². The van der Waals surface area contributed by atoms with E-state index in [-0.39, 0.29) is 12.1 Å². The highest BCUT2D eigenvalue weighted by molar-refractivity contribution is 7.12. The third kappa shape index (κ3) is 4.36. The van der Waals surface area contributed by atoms with Crippen LogP contribution in [0.2, 0.25) is 0 Å². The van der Waals surface area contributed by atoms with Crippen molar-refractivity contribution in [2.24, 2.45) is 0 Å². The maximum atomic E-state index is 13.0. The van der Waals surface area contributed by atoms with Crippen molar-refractivity contribution in [3.05, 3.63) is 63.9 Å². The van der Waals surface area contributed by atoms with E-state index in [9.17, 15) is 18.0 Å².